The SMILES string of the molecule is O=S1(=O)CCCC(Nc2c(F)c(F)c(F)c(F)c2F)C1. The van der Waals surface area contributed by atoms with Crippen molar-refractivity contribution in [2.45, 2.75) is 18.9 Å². The maximum absolute atomic E-state index is 13.4. The fraction of sp³-hybridized carbons (Fsp3) is 0.455. The van der Waals surface area contributed by atoms with Crippen LogP contribution in [0.15, 0.2) is 0 Å². The fourth-order valence-electron chi connectivity index (χ4n) is 2.07. The van der Waals surface area contributed by atoms with Crippen LogP contribution in [0.1, 0.15) is 12.8 Å². The standard InChI is InChI=1S/C11H10F5NO2S/c12-6-7(13)9(15)11(10(16)8(6)14)17-5-2-1-3-20(18,19)4-5/h5,17H,1-4H2. The second-order valence-corrected chi connectivity index (χ2v) is 6.77. The van der Waals surface area contributed by atoms with E-state index in [1.54, 1.807) is 0 Å². The molecule has 1 heterocycles. The number of rotatable bonds is 2. The highest BCUT2D eigenvalue weighted by Gasteiger charge is 2.30. The number of halogens is 5. The van der Waals surface area contributed by atoms with E-state index < -0.39 is 56.4 Å². The zero-order chi connectivity index (χ0) is 15.1. The lowest BCUT2D eigenvalue weighted by atomic mass is 10.1. The summed E-state index contributed by atoms with van der Waals surface area (Å²) >= 11 is 0. The van der Waals surface area contributed by atoms with Gasteiger partial charge in [0.1, 0.15) is 5.69 Å². The van der Waals surface area contributed by atoms with Crippen molar-refractivity contribution in [3.63, 3.8) is 0 Å². The summed E-state index contributed by atoms with van der Waals surface area (Å²) in [6.07, 6.45) is 0.522. The number of anilines is 1. The van der Waals surface area contributed by atoms with Crippen LogP contribution in [0.2, 0.25) is 0 Å². The van der Waals surface area contributed by atoms with Gasteiger partial charge in [-0.2, -0.15) is 0 Å². The zero-order valence-corrected chi connectivity index (χ0v) is 10.8. The van der Waals surface area contributed by atoms with Crippen LogP contribution in [0.4, 0.5) is 27.6 Å². The number of hydrogen-bond donors (Lipinski definition) is 1. The zero-order valence-electron chi connectivity index (χ0n) is 10.0. The van der Waals surface area contributed by atoms with E-state index in [0.717, 1.165) is 0 Å². The molecule has 0 saturated carbocycles. The Morgan fingerprint density at radius 1 is 0.900 bits per heavy atom. The topological polar surface area (TPSA) is 46.2 Å². The molecule has 9 heteroatoms. The highest BCUT2D eigenvalue weighted by Crippen LogP contribution is 2.29. The molecule has 2 rings (SSSR count). The molecule has 1 atom stereocenters. The van der Waals surface area contributed by atoms with Crippen molar-refractivity contribution in [3.05, 3.63) is 29.1 Å². The van der Waals surface area contributed by atoms with Crippen LogP contribution in [0.25, 0.3) is 0 Å². The van der Waals surface area contributed by atoms with Gasteiger partial charge in [0, 0.05) is 6.04 Å². The van der Waals surface area contributed by atoms with Crippen molar-refractivity contribution in [2.24, 2.45) is 0 Å². The van der Waals surface area contributed by atoms with Crippen LogP contribution in [-0.2, 0) is 9.84 Å². The Labute approximate surface area is 111 Å². The first-order valence-electron chi connectivity index (χ1n) is 5.71. The molecule has 0 radical (unpaired) electrons. The normalized spacial score (nSPS) is 21.8. The third-order valence-corrected chi connectivity index (χ3v) is 4.84. The highest BCUT2D eigenvalue weighted by molar-refractivity contribution is 7.91. The number of sulfone groups is 1. The molecule has 1 N–H and O–H groups in total. The number of hydrogen-bond acceptors (Lipinski definition) is 3. The van der Waals surface area contributed by atoms with Gasteiger partial charge < -0.3 is 5.32 Å². The van der Waals surface area contributed by atoms with Crippen molar-refractivity contribution < 1.29 is 30.4 Å². The molecule has 1 unspecified atom stereocenters. The molecular weight excluding hydrogens is 305 g/mol. The predicted molar refractivity (Wildman–Crippen MR) is 61.5 cm³/mol. The minimum Gasteiger partial charge on any atom is -0.376 e. The third-order valence-electron chi connectivity index (χ3n) is 3.02. The first-order chi connectivity index (χ1) is 9.23. The van der Waals surface area contributed by atoms with Gasteiger partial charge in [-0.15, -0.1) is 0 Å². The van der Waals surface area contributed by atoms with E-state index in [2.05, 4.69) is 5.32 Å². The van der Waals surface area contributed by atoms with Crippen molar-refractivity contribution in [3.8, 4) is 0 Å². The lowest BCUT2D eigenvalue weighted by Crippen LogP contribution is -2.35. The Balaban J connectivity index is 2.35. The molecule has 0 aromatic heterocycles. The quantitative estimate of drug-likeness (QED) is 0.518. The maximum atomic E-state index is 13.4. The Hall–Kier alpha value is -1.38. The Bertz CT molecular complexity index is 618. The lowest BCUT2D eigenvalue weighted by molar-refractivity contribution is 0.380. The summed E-state index contributed by atoms with van der Waals surface area (Å²) in [5.74, 6) is -10.8. The van der Waals surface area contributed by atoms with Crippen LogP contribution >= 0.6 is 0 Å². The largest absolute Gasteiger partial charge is 0.376 e. The van der Waals surface area contributed by atoms with Gasteiger partial charge in [-0.1, -0.05) is 0 Å². The molecule has 112 valence electrons. The van der Waals surface area contributed by atoms with Gasteiger partial charge in [0.25, 0.3) is 0 Å². The van der Waals surface area contributed by atoms with Crippen molar-refractivity contribution >= 4 is 15.5 Å². The molecule has 1 saturated heterocycles. The monoisotopic (exact) mass is 315 g/mol. The molecule has 0 bridgehead atoms. The highest BCUT2D eigenvalue weighted by atomic mass is 32.2. The van der Waals surface area contributed by atoms with E-state index in [-0.39, 0.29) is 18.6 Å². The van der Waals surface area contributed by atoms with Gasteiger partial charge in [0.15, 0.2) is 33.1 Å². The molecule has 0 aliphatic carbocycles. The second kappa shape index (κ2) is 5.19. The van der Waals surface area contributed by atoms with E-state index in [9.17, 15) is 30.4 Å². The van der Waals surface area contributed by atoms with E-state index in [1.165, 1.54) is 0 Å². The predicted octanol–water partition coefficient (Wildman–Crippen LogP) is 2.37. The molecule has 20 heavy (non-hydrogen) atoms. The van der Waals surface area contributed by atoms with Crippen LogP contribution in [0.3, 0.4) is 0 Å². The Kier molecular flexibility index (Phi) is 3.90. The molecule has 1 aliphatic heterocycles. The van der Waals surface area contributed by atoms with E-state index >= 15 is 0 Å². The van der Waals surface area contributed by atoms with Crippen LogP contribution in [-0.4, -0.2) is 26.0 Å². The maximum Gasteiger partial charge on any atom is 0.200 e. The molecule has 1 aromatic carbocycles. The van der Waals surface area contributed by atoms with Crippen LogP contribution in [0, 0.1) is 29.1 Å². The minimum absolute atomic E-state index is 0.0533. The van der Waals surface area contributed by atoms with Crippen molar-refractivity contribution in [2.75, 3.05) is 16.8 Å². The summed E-state index contributed by atoms with van der Waals surface area (Å²) in [7, 11) is -3.38. The summed E-state index contributed by atoms with van der Waals surface area (Å²) < 4.78 is 88.4. The van der Waals surface area contributed by atoms with E-state index in [1.807, 2.05) is 0 Å². The van der Waals surface area contributed by atoms with Gasteiger partial charge in [-0.05, 0) is 12.8 Å². The fourth-order valence-corrected chi connectivity index (χ4v) is 3.71. The summed E-state index contributed by atoms with van der Waals surface area (Å²) in [4.78, 5) is 0. The molecular formula is C11H10F5NO2S. The Morgan fingerprint density at radius 3 is 1.90 bits per heavy atom. The summed E-state index contributed by atoms with van der Waals surface area (Å²) in [6, 6.07) is -0.887. The van der Waals surface area contributed by atoms with Crippen LogP contribution < -0.4 is 5.32 Å². The summed E-state index contributed by atoms with van der Waals surface area (Å²) in [5, 5.41) is 2.11. The summed E-state index contributed by atoms with van der Waals surface area (Å²) in [6.45, 7) is 0. The van der Waals surface area contributed by atoms with E-state index in [4.69, 9.17) is 0 Å². The van der Waals surface area contributed by atoms with Gasteiger partial charge in [-0.3, -0.25) is 0 Å². The number of nitrogens with one attached hydrogen (secondary N) is 1. The average Bonchev–Trinajstić information content (AvgIpc) is 2.38. The molecule has 0 spiro atoms. The smallest absolute Gasteiger partial charge is 0.200 e. The second-order valence-electron chi connectivity index (χ2n) is 4.54. The van der Waals surface area contributed by atoms with Crippen molar-refractivity contribution in [1.29, 1.82) is 0 Å². The Morgan fingerprint density at radius 2 is 1.40 bits per heavy atom. The molecule has 1 aromatic rings. The molecule has 1 fully saturated rings. The first-order valence-corrected chi connectivity index (χ1v) is 7.53. The third kappa shape index (κ3) is 2.72. The average molecular weight is 315 g/mol. The molecule has 1 aliphatic rings. The lowest BCUT2D eigenvalue weighted by Gasteiger charge is -2.24. The molecule has 0 amide bonds. The van der Waals surface area contributed by atoms with Gasteiger partial charge in [0.2, 0.25) is 5.82 Å². The van der Waals surface area contributed by atoms with Gasteiger partial charge in [-0.25, -0.2) is 30.4 Å². The van der Waals surface area contributed by atoms with Crippen molar-refractivity contribution in [1.82, 2.24) is 0 Å². The van der Waals surface area contributed by atoms with E-state index in [0.29, 0.717) is 0 Å². The first kappa shape index (κ1) is 15.0. The van der Waals surface area contributed by atoms with Crippen LogP contribution in [0.5, 0.6) is 0 Å². The van der Waals surface area contributed by atoms with Gasteiger partial charge in [0.05, 0.1) is 11.5 Å². The summed E-state index contributed by atoms with van der Waals surface area (Å²) in [5.41, 5.74) is -1.19. The minimum atomic E-state index is -3.38. The molecule has 3 nitrogen and oxygen atoms in total. The van der Waals surface area contributed by atoms with Gasteiger partial charge >= 0.3 is 0 Å². The number of benzene rings is 1.